The molecule has 4 heterocycles. The third-order valence-electron chi connectivity index (χ3n) is 11.2. The number of rotatable bonds is 3. The Kier molecular flexibility index (Phi) is 6.02. The largest absolute Gasteiger partial charge is 0.455 e. The minimum absolute atomic E-state index is 0.130. The fourth-order valence-electron chi connectivity index (χ4n) is 8.90. The van der Waals surface area contributed by atoms with Crippen LogP contribution in [0.15, 0.2) is 132 Å². The lowest BCUT2D eigenvalue weighted by Crippen LogP contribution is -2.28. The molecular formula is C45H31N3OS. The van der Waals surface area contributed by atoms with E-state index in [0.29, 0.717) is 5.82 Å². The molecule has 4 aromatic heterocycles. The van der Waals surface area contributed by atoms with Crippen molar-refractivity contribution in [3.8, 4) is 44.9 Å². The number of nitrogens with zero attached hydrogens (tertiary/aromatic N) is 3. The standard InChI is InChI=1S/C45H31N3OS/c1-6-21-45(22-7-1)36-13-4-2-9-30(36)31-17-15-29(26-37(31)45)28-16-18-38-35(25-28)32-11-8-12-34(42(32)49-38)44-47-40(27-19-23-46-24-20-27)43-41(48-44)33-10-3-5-14-39(33)50-43/h2-5,8-20,23-26H,1,6-7,21-22H2. The molecule has 1 saturated carbocycles. The van der Waals surface area contributed by atoms with Crippen molar-refractivity contribution in [2.24, 2.45) is 0 Å². The van der Waals surface area contributed by atoms with Crippen molar-refractivity contribution in [2.75, 3.05) is 0 Å². The Morgan fingerprint density at radius 3 is 2.26 bits per heavy atom. The van der Waals surface area contributed by atoms with Gasteiger partial charge >= 0.3 is 0 Å². The summed E-state index contributed by atoms with van der Waals surface area (Å²) in [5.74, 6) is 0.661. The predicted molar refractivity (Wildman–Crippen MR) is 206 cm³/mol. The van der Waals surface area contributed by atoms with Crippen LogP contribution in [-0.4, -0.2) is 15.0 Å². The molecule has 0 atom stereocenters. The van der Waals surface area contributed by atoms with E-state index in [1.54, 1.807) is 11.3 Å². The second kappa shape index (κ2) is 10.7. The number of benzene rings is 5. The molecule has 0 N–H and O–H groups in total. The minimum atomic E-state index is 0.130. The maximum absolute atomic E-state index is 6.67. The molecule has 0 bridgehead atoms. The van der Waals surface area contributed by atoms with E-state index in [0.717, 1.165) is 54.4 Å². The summed E-state index contributed by atoms with van der Waals surface area (Å²) in [6.45, 7) is 0. The third kappa shape index (κ3) is 4.01. The van der Waals surface area contributed by atoms with Crippen LogP contribution < -0.4 is 0 Å². The van der Waals surface area contributed by atoms with Crippen LogP contribution in [-0.2, 0) is 5.41 Å². The molecule has 5 aromatic carbocycles. The molecule has 0 saturated heterocycles. The van der Waals surface area contributed by atoms with Crippen LogP contribution >= 0.6 is 11.3 Å². The van der Waals surface area contributed by atoms with E-state index in [-0.39, 0.29) is 5.41 Å². The molecule has 0 unspecified atom stereocenters. The lowest BCUT2D eigenvalue weighted by Gasteiger charge is -2.36. The molecular weight excluding hydrogens is 631 g/mol. The van der Waals surface area contributed by atoms with Gasteiger partial charge in [0, 0.05) is 44.2 Å². The van der Waals surface area contributed by atoms with Crippen LogP contribution in [0.3, 0.4) is 0 Å². The average molecular weight is 662 g/mol. The molecule has 0 radical (unpaired) electrons. The van der Waals surface area contributed by atoms with Gasteiger partial charge in [0.05, 0.1) is 21.5 Å². The first-order valence-corrected chi connectivity index (χ1v) is 18.4. The van der Waals surface area contributed by atoms with Crippen molar-refractivity contribution in [2.45, 2.75) is 37.5 Å². The van der Waals surface area contributed by atoms with Crippen LogP contribution in [0.25, 0.3) is 87.1 Å². The summed E-state index contributed by atoms with van der Waals surface area (Å²) in [5, 5.41) is 3.31. The molecule has 1 spiro atoms. The van der Waals surface area contributed by atoms with Crippen LogP contribution in [0.2, 0.25) is 0 Å². The average Bonchev–Trinajstić information content (AvgIpc) is 3.83. The van der Waals surface area contributed by atoms with E-state index in [4.69, 9.17) is 14.4 Å². The first-order chi connectivity index (χ1) is 24.7. The minimum Gasteiger partial charge on any atom is -0.455 e. The van der Waals surface area contributed by atoms with Crippen LogP contribution in [0.1, 0.15) is 43.2 Å². The van der Waals surface area contributed by atoms with Gasteiger partial charge in [-0.05, 0) is 88.7 Å². The zero-order valence-electron chi connectivity index (χ0n) is 27.3. The van der Waals surface area contributed by atoms with Gasteiger partial charge in [-0.3, -0.25) is 4.98 Å². The third-order valence-corrected chi connectivity index (χ3v) is 12.4. The summed E-state index contributed by atoms with van der Waals surface area (Å²) in [6, 6.07) is 41.8. The van der Waals surface area contributed by atoms with Crippen molar-refractivity contribution in [1.82, 2.24) is 15.0 Å². The fourth-order valence-corrected chi connectivity index (χ4v) is 10.1. The second-order valence-electron chi connectivity index (χ2n) is 13.9. The molecule has 2 aliphatic carbocycles. The van der Waals surface area contributed by atoms with Crippen molar-refractivity contribution >= 4 is 53.6 Å². The first kappa shape index (κ1) is 28.2. The summed E-state index contributed by atoms with van der Waals surface area (Å²) < 4.78 is 8.95. The van der Waals surface area contributed by atoms with Gasteiger partial charge in [0.15, 0.2) is 5.82 Å². The zero-order valence-corrected chi connectivity index (χ0v) is 28.1. The number of fused-ring (bicyclic) bond motifs is 11. The van der Waals surface area contributed by atoms with E-state index in [2.05, 4.69) is 108 Å². The van der Waals surface area contributed by atoms with Gasteiger partial charge in [0.1, 0.15) is 11.2 Å². The maximum Gasteiger partial charge on any atom is 0.164 e. The van der Waals surface area contributed by atoms with Crippen molar-refractivity contribution in [3.63, 3.8) is 0 Å². The Morgan fingerprint density at radius 1 is 0.580 bits per heavy atom. The van der Waals surface area contributed by atoms with E-state index in [9.17, 15) is 0 Å². The summed E-state index contributed by atoms with van der Waals surface area (Å²) in [7, 11) is 0. The number of para-hydroxylation sites is 1. The maximum atomic E-state index is 6.67. The Bertz CT molecular complexity index is 2810. The molecule has 9 aromatic rings. The zero-order chi connectivity index (χ0) is 32.8. The quantitative estimate of drug-likeness (QED) is 0.189. The molecule has 11 rings (SSSR count). The van der Waals surface area contributed by atoms with Crippen LogP contribution in [0.4, 0.5) is 0 Å². The van der Waals surface area contributed by atoms with Crippen molar-refractivity contribution in [3.05, 3.63) is 139 Å². The topological polar surface area (TPSA) is 51.8 Å². The first-order valence-electron chi connectivity index (χ1n) is 17.6. The van der Waals surface area contributed by atoms with E-state index in [1.807, 2.05) is 24.5 Å². The molecule has 1 fully saturated rings. The lowest BCUT2D eigenvalue weighted by atomic mass is 9.67. The van der Waals surface area contributed by atoms with Crippen molar-refractivity contribution in [1.29, 1.82) is 0 Å². The molecule has 4 nitrogen and oxygen atoms in total. The van der Waals surface area contributed by atoms with Gasteiger partial charge in [0.25, 0.3) is 0 Å². The van der Waals surface area contributed by atoms with Gasteiger partial charge < -0.3 is 4.42 Å². The second-order valence-corrected chi connectivity index (χ2v) is 14.9. The summed E-state index contributed by atoms with van der Waals surface area (Å²) in [6.07, 6.45) is 10.0. The number of pyridine rings is 1. The van der Waals surface area contributed by atoms with Crippen LogP contribution in [0.5, 0.6) is 0 Å². The number of aromatic nitrogens is 3. The summed E-state index contributed by atoms with van der Waals surface area (Å²) >= 11 is 1.74. The highest BCUT2D eigenvalue weighted by Gasteiger charge is 2.43. The molecule has 5 heteroatoms. The molecule has 0 amide bonds. The number of hydrogen-bond acceptors (Lipinski definition) is 5. The van der Waals surface area contributed by atoms with Gasteiger partial charge in [-0.25, -0.2) is 9.97 Å². The summed E-state index contributed by atoms with van der Waals surface area (Å²) in [4.78, 5) is 14.7. The van der Waals surface area contributed by atoms with Crippen LogP contribution in [0, 0.1) is 0 Å². The van der Waals surface area contributed by atoms with Crippen molar-refractivity contribution < 1.29 is 4.42 Å². The van der Waals surface area contributed by atoms with E-state index >= 15 is 0 Å². The highest BCUT2D eigenvalue weighted by Crippen LogP contribution is 2.56. The summed E-state index contributed by atoms with van der Waals surface area (Å²) in [5.41, 5.74) is 13.9. The number of hydrogen-bond donors (Lipinski definition) is 0. The van der Waals surface area contributed by atoms with E-state index < -0.39 is 0 Å². The monoisotopic (exact) mass is 661 g/mol. The Balaban J connectivity index is 1.07. The van der Waals surface area contributed by atoms with Gasteiger partial charge in [-0.2, -0.15) is 0 Å². The highest BCUT2D eigenvalue weighted by molar-refractivity contribution is 7.26. The Hall–Kier alpha value is -5.65. The normalized spacial score (nSPS) is 15.0. The smallest absolute Gasteiger partial charge is 0.164 e. The van der Waals surface area contributed by atoms with Gasteiger partial charge in [-0.1, -0.05) is 92.1 Å². The highest BCUT2D eigenvalue weighted by atomic mass is 32.1. The molecule has 50 heavy (non-hydrogen) atoms. The number of furan rings is 1. The predicted octanol–water partition coefficient (Wildman–Crippen LogP) is 12.4. The molecule has 238 valence electrons. The lowest BCUT2D eigenvalue weighted by molar-refractivity contribution is 0.353. The Morgan fingerprint density at radius 2 is 1.34 bits per heavy atom. The number of thiophene rings is 1. The fraction of sp³-hybridized carbons (Fsp3) is 0.133. The van der Waals surface area contributed by atoms with Gasteiger partial charge in [-0.15, -0.1) is 11.3 Å². The van der Waals surface area contributed by atoms with Gasteiger partial charge in [0.2, 0.25) is 0 Å². The molecule has 0 aliphatic heterocycles. The SMILES string of the molecule is c1ccc2c(c1)-c1ccc(-c3ccc4oc5c(-c6nc(-c7ccncc7)c7sc8ccccc8c7n6)cccc5c4c3)cc1C21CCCCC1. The van der Waals surface area contributed by atoms with E-state index in [1.165, 1.54) is 70.2 Å². The Labute approximate surface area is 293 Å². The molecule has 2 aliphatic rings.